The summed E-state index contributed by atoms with van der Waals surface area (Å²) >= 11 is 11.5. The van der Waals surface area contributed by atoms with Crippen molar-refractivity contribution in [2.24, 2.45) is 5.92 Å². The molecular formula is C13H16Cl2N2O2. The second-order valence-electron chi connectivity index (χ2n) is 4.58. The van der Waals surface area contributed by atoms with Gasteiger partial charge in [0, 0.05) is 24.6 Å². The fraction of sp³-hybridized carbons (Fsp3) is 0.538. The lowest BCUT2D eigenvalue weighted by molar-refractivity contribution is 0.0827. The lowest BCUT2D eigenvalue weighted by Crippen LogP contribution is -2.32. The molecule has 19 heavy (non-hydrogen) atoms. The molecule has 6 heteroatoms. The highest BCUT2D eigenvalue weighted by atomic mass is 35.5. The quantitative estimate of drug-likeness (QED) is 0.870. The Morgan fingerprint density at radius 2 is 2.16 bits per heavy atom. The molecular weight excluding hydrogens is 287 g/mol. The second-order valence-corrected chi connectivity index (χ2v) is 5.35. The normalized spacial score (nSPS) is 22.5. The average molecular weight is 303 g/mol. The summed E-state index contributed by atoms with van der Waals surface area (Å²) in [5.41, 5.74) is 0.428. The number of amides is 1. The van der Waals surface area contributed by atoms with Gasteiger partial charge in [-0.25, -0.2) is 4.98 Å². The molecule has 1 fully saturated rings. The fourth-order valence-corrected chi connectivity index (χ4v) is 2.76. The van der Waals surface area contributed by atoms with Gasteiger partial charge in [-0.05, 0) is 25.0 Å². The van der Waals surface area contributed by atoms with Crippen molar-refractivity contribution in [3.05, 3.63) is 28.0 Å². The number of carbonyl (C=O) groups excluding carboxylic acids is 1. The minimum atomic E-state index is -0.187. The molecule has 1 N–H and O–H groups in total. The molecule has 104 valence electrons. The van der Waals surface area contributed by atoms with E-state index in [0.29, 0.717) is 18.0 Å². The smallest absolute Gasteiger partial charge is 0.251 e. The van der Waals surface area contributed by atoms with Crippen LogP contribution in [-0.4, -0.2) is 30.1 Å². The Hall–Kier alpha value is -0.840. The van der Waals surface area contributed by atoms with E-state index in [1.54, 1.807) is 0 Å². The van der Waals surface area contributed by atoms with Gasteiger partial charge < -0.3 is 10.1 Å². The van der Waals surface area contributed by atoms with Gasteiger partial charge in [-0.3, -0.25) is 4.79 Å². The van der Waals surface area contributed by atoms with Crippen molar-refractivity contribution in [2.45, 2.75) is 25.9 Å². The van der Waals surface area contributed by atoms with Crippen LogP contribution in [0.25, 0.3) is 0 Å². The largest absolute Gasteiger partial charge is 0.378 e. The van der Waals surface area contributed by atoms with Gasteiger partial charge in [0.2, 0.25) is 0 Å². The molecule has 1 amide bonds. The lowest BCUT2D eigenvalue weighted by Gasteiger charge is -2.17. The van der Waals surface area contributed by atoms with Crippen LogP contribution in [0, 0.1) is 5.92 Å². The summed E-state index contributed by atoms with van der Waals surface area (Å²) in [6, 6.07) is 3.01. The monoisotopic (exact) mass is 302 g/mol. The number of halogens is 2. The number of aromatic nitrogens is 1. The Balaban J connectivity index is 1.94. The maximum atomic E-state index is 12.0. The van der Waals surface area contributed by atoms with Gasteiger partial charge in [-0.15, -0.1) is 0 Å². The number of nitrogens with zero attached hydrogens (tertiary/aromatic N) is 1. The maximum absolute atomic E-state index is 12.0. The zero-order valence-corrected chi connectivity index (χ0v) is 12.2. The van der Waals surface area contributed by atoms with Gasteiger partial charge in [0.25, 0.3) is 5.91 Å². The predicted octanol–water partition coefficient (Wildman–Crippen LogP) is 2.93. The van der Waals surface area contributed by atoms with Crippen LogP contribution in [0.4, 0.5) is 0 Å². The van der Waals surface area contributed by atoms with E-state index in [1.807, 2.05) is 0 Å². The van der Waals surface area contributed by atoms with Crippen LogP contribution < -0.4 is 5.32 Å². The third-order valence-electron chi connectivity index (χ3n) is 3.30. The van der Waals surface area contributed by atoms with Crippen LogP contribution in [0.2, 0.25) is 10.3 Å². The summed E-state index contributed by atoms with van der Waals surface area (Å²) in [4.78, 5) is 15.8. The van der Waals surface area contributed by atoms with E-state index in [2.05, 4.69) is 17.2 Å². The zero-order valence-electron chi connectivity index (χ0n) is 10.7. The minimum absolute atomic E-state index is 0.187. The van der Waals surface area contributed by atoms with Crippen molar-refractivity contribution in [1.29, 1.82) is 0 Å². The molecule has 2 atom stereocenters. The summed E-state index contributed by atoms with van der Waals surface area (Å²) < 4.78 is 5.59. The van der Waals surface area contributed by atoms with Crippen LogP contribution in [0.1, 0.15) is 30.1 Å². The van der Waals surface area contributed by atoms with Crippen molar-refractivity contribution < 1.29 is 9.53 Å². The third-order valence-corrected chi connectivity index (χ3v) is 3.69. The van der Waals surface area contributed by atoms with E-state index < -0.39 is 0 Å². The molecule has 0 saturated carbocycles. The molecule has 1 aromatic rings. The highest BCUT2D eigenvalue weighted by molar-refractivity contribution is 6.33. The van der Waals surface area contributed by atoms with Crippen LogP contribution in [-0.2, 0) is 4.74 Å². The highest BCUT2D eigenvalue weighted by Crippen LogP contribution is 2.22. The first-order valence-electron chi connectivity index (χ1n) is 6.33. The second kappa shape index (κ2) is 6.55. The van der Waals surface area contributed by atoms with Gasteiger partial charge in [0.05, 0.1) is 6.10 Å². The van der Waals surface area contributed by atoms with Gasteiger partial charge in [0.15, 0.2) is 0 Å². The summed E-state index contributed by atoms with van der Waals surface area (Å²) in [7, 11) is 0. The zero-order chi connectivity index (χ0) is 13.8. The molecule has 2 rings (SSSR count). The van der Waals surface area contributed by atoms with Crippen molar-refractivity contribution >= 4 is 29.1 Å². The molecule has 0 bridgehead atoms. The van der Waals surface area contributed by atoms with Gasteiger partial charge in [0.1, 0.15) is 10.3 Å². The fourth-order valence-electron chi connectivity index (χ4n) is 2.30. The summed E-state index contributed by atoms with van der Waals surface area (Å²) in [5, 5.41) is 3.33. The molecule has 0 aromatic carbocycles. The first-order chi connectivity index (χ1) is 9.10. The van der Waals surface area contributed by atoms with Crippen molar-refractivity contribution in [3.63, 3.8) is 0 Å². The van der Waals surface area contributed by atoms with Gasteiger partial charge in [-0.2, -0.15) is 0 Å². The number of ether oxygens (including phenoxy) is 1. The Kier molecular flexibility index (Phi) is 5.02. The first kappa shape index (κ1) is 14.6. The topological polar surface area (TPSA) is 51.2 Å². The van der Waals surface area contributed by atoms with E-state index >= 15 is 0 Å². The molecule has 4 nitrogen and oxygen atoms in total. The van der Waals surface area contributed by atoms with Crippen LogP contribution in [0.15, 0.2) is 12.1 Å². The van der Waals surface area contributed by atoms with E-state index in [0.717, 1.165) is 19.4 Å². The van der Waals surface area contributed by atoms with E-state index in [4.69, 9.17) is 27.9 Å². The number of hydrogen-bond acceptors (Lipinski definition) is 3. The highest BCUT2D eigenvalue weighted by Gasteiger charge is 2.26. The van der Waals surface area contributed by atoms with Crippen LogP contribution >= 0.6 is 23.2 Å². The maximum Gasteiger partial charge on any atom is 0.251 e. The summed E-state index contributed by atoms with van der Waals surface area (Å²) in [5.74, 6) is 0.190. The average Bonchev–Trinajstić information content (AvgIpc) is 2.82. The van der Waals surface area contributed by atoms with Crippen molar-refractivity contribution in [1.82, 2.24) is 10.3 Å². The minimum Gasteiger partial charge on any atom is -0.378 e. The number of rotatable bonds is 4. The summed E-state index contributed by atoms with van der Waals surface area (Å²) in [6.07, 6.45) is 2.19. The Morgan fingerprint density at radius 1 is 1.47 bits per heavy atom. The van der Waals surface area contributed by atoms with Crippen molar-refractivity contribution in [3.8, 4) is 0 Å². The Bertz CT molecular complexity index is 448. The number of nitrogens with one attached hydrogen (secondary N) is 1. The van der Waals surface area contributed by atoms with E-state index in [-0.39, 0.29) is 22.3 Å². The molecule has 2 heterocycles. The van der Waals surface area contributed by atoms with Gasteiger partial charge in [-0.1, -0.05) is 30.1 Å². The van der Waals surface area contributed by atoms with E-state index in [9.17, 15) is 4.79 Å². The molecule has 1 aliphatic rings. The molecule has 1 aliphatic heterocycles. The number of pyridine rings is 1. The Morgan fingerprint density at radius 3 is 2.79 bits per heavy atom. The number of hydrogen-bond donors (Lipinski definition) is 1. The predicted molar refractivity (Wildman–Crippen MR) is 74.7 cm³/mol. The lowest BCUT2D eigenvalue weighted by atomic mass is 9.99. The standard InChI is InChI=1S/C13H16Cl2N2O2/c1-2-10-8(3-4-19-10)7-16-13(18)9-5-11(14)17-12(15)6-9/h5-6,8,10H,2-4,7H2,1H3,(H,16,18). The van der Waals surface area contributed by atoms with Crippen molar-refractivity contribution in [2.75, 3.05) is 13.2 Å². The third kappa shape index (κ3) is 3.81. The molecule has 1 aromatic heterocycles. The summed E-state index contributed by atoms with van der Waals surface area (Å²) in [6.45, 7) is 3.47. The van der Waals surface area contributed by atoms with Crippen LogP contribution in [0.5, 0.6) is 0 Å². The SMILES string of the molecule is CCC1OCCC1CNC(=O)c1cc(Cl)nc(Cl)c1. The molecule has 0 spiro atoms. The molecule has 0 radical (unpaired) electrons. The van der Waals surface area contributed by atoms with Crippen LogP contribution in [0.3, 0.4) is 0 Å². The molecule has 2 unspecified atom stereocenters. The number of carbonyl (C=O) groups is 1. The van der Waals surface area contributed by atoms with E-state index in [1.165, 1.54) is 12.1 Å². The first-order valence-corrected chi connectivity index (χ1v) is 7.08. The van der Waals surface area contributed by atoms with Gasteiger partial charge >= 0.3 is 0 Å². The molecule has 0 aliphatic carbocycles. The molecule has 1 saturated heterocycles. The Labute approximate surface area is 122 Å².